The van der Waals surface area contributed by atoms with E-state index in [1.54, 1.807) is 6.07 Å². The Balaban J connectivity index is 2.06. The highest BCUT2D eigenvalue weighted by atomic mass is 16.4. The van der Waals surface area contributed by atoms with Crippen LogP contribution in [0.1, 0.15) is 15.9 Å². The average molecular weight is 303 g/mol. The van der Waals surface area contributed by atoms with Gasteiger partial charge in [0.25, 0.3) is 0 Å². The number of hydrogen-bond donors (Lipinski definition) is 2. The van der Waals surface area contributed by atoms with Crippen molar-refractivity contribution in [2.24, 2.45) is 0 Å². The number of carboxylic acid groups (broad SMARTS) is 1. The van der Waals surface area contributed by atoms with Crippen molar-refractivity contribution in [3.8, 4) is 11.1 Å². The van der Waals surface area contributed by atoms with E-state index < -0.39 is 5.97 Å². The maximum Gasteiger partial charge on any atom is 0.337 e. The molecule has 0 amide bonds. The van der Waals surface area contributed by atoms with Gasteiger partial charge in [-0.05, 0) is 41.8 Å². The highest BCUT2D eigenvalue weighted by Gasteiger charge is 2.12. The SMILES string of the molecule is Cc1ccccc1Nc1cc(-c2ccccc2)ccc1C(=O)O. The van der Waals surface area contributed by atoms with Crippen LogP contribution in [0.4, 0.5) is 11.4 Å². The summed E-state index contributed by atoms with van der Waals surface area (Å²) in [6.07, 6.45) is 0. The Hall–Kier alpha value is -3.07. The van der Waals surface area contributed by atoms with Crippen LogP contribution < -0.4 is 5.32 Å². The molecular weight excluding hydrogens is 286 g/mol. The molecule has 0 atom stereocenters. The number of anilines is 2. The first-order valence-corrected chi connectivity index (χ1v) is 7.40. The van der Waals surface area contributed by atoms with Crippen LogP contribution in [0.25, 0.3) is 11.1 Å². The molecule has 0 aromatic heterocycles. The van der Waals surface area contributed by atoms with Gasteiger partial charge >= 0.3 is 5.97 Å². The molecule has 114 valence electrons. The molecule has 3 nitrogen and oxygen atoms in total. The van der Waals surface area contributed by atoms with Crippen molar-refractivity contribution in [2.45, 2.75) is 6.92 Å². The van der Waals surface area contributed by atoms with Gasteiger partial charge in [-0.2, -0.15) is 0 Å². The van der Waals surface area contributed by atoms with E-state index in [0.29, 0.717) is 5.69 Å². The Kier molecular flexibility index (Phi) is 4.11. The first-order chi connectivity index (χ1) is 11.1. The minimum absolute atomic E-state index is 0.257. The van der Waals surface area contributed by atoms with Gasteiger partial charge in [-0.1, -0.05) is 54.6 Å². The highest BCUT2D eigenvalue weighted by molar-refractivity contribution is 5.96. The number of aromatic carboxylic acids is 1. The quantitative estimate of drug-likeness (QED) is 0.704. The van der Waals surface area contributed by atoms with E-state index in [0.717, 1.165) is 22.4 Å². The van der Waals surface area contributed by atoms with E-state index in [-0.39, 0.29) is 5.56 Å². The summed E-state index contributed by atoms with van der Waals surface area (Å²) < 4.78 is 0. The van der Waals surface area contributed by atoms with Crippen LogP contribution in [-0.4, -0.2) is 11.1 Å². The zero-order valence-corrected chi connectivity index (χ0v) is 12.8. The first-order valence-electron chi connectivity index (χ1n) is 7.40. The molecule has 0 aliphatic rings. The van der Waals surface area contributed by atoms with Crippen molar-refractivity contribution < 1.29 is 9.90 Å². The molecule has 0 saturated heterocycles. The normalized spacial score (nSPS) is 10.3. The predicted molar refractivity (Wildman–Crippen MR) is 93.3 cm³/mol. The van der Waals surface area contributed by atoms with Gasteiger partial charge in [0.1, 0.15) is 0 Å². The number of rotatable bonds is 4. The molecule has 0 aliphatic carbocycles. The fraction of sp³-hybridized carbons (Fsp3) is 0.0500. The van der Waals surface area contributed by atoms with Crippen LogP contribution in [0.3, 0.4) is 0 Å². The summed E-state index contributed by atoms with van der Waals surface area (Å²) in [4.78, 5) is 11.5. The largest absolute Gasteiger partial charge is 0.478 e. The van der Waals surface area contributed by atoms with E-state index >= 15 is 0 Å². The van der Waals surface area contributed by atoms with Crippen molar-refractivity contribution >= 4 is 17.3 Å². The third kappa shape index (κ3) is 3.24. The smallest absolute Gasteiger partial charge is 0.337 e. The van der Waals surface area contributed by atoms with Crippen molar-refractivity contribution in [3.63, 3.8) is 0 Å². The van der Waals surface area contributed by atoms with Crippen LogP contribution >= 0.6 is 0 Å². The lowest BCUT2D eigenvalue weighted by Gasteiger charge is -2.13. The lowest BCUT2D eigenvalue weighted by Crippen LogP contribution is -2.03. The summed E-state index contributed by atoms with van der Waals surface area (Å²) in [5.74, 6) is -0.944. The van der Waals surface area contributed by atoms with Crippen molar-refractivity contribution in [1.82, 2.24) is 0 Å². The molecule has 0 bridgehead atoms. The summed E-state index contributed by atoms with van der Waals surface area (Å²) in [5.41, 5.74) is 4.85. The number of hydrogen-bond acceptors (Lipinski definition) is 2. The van der Waals surface area contributed by atoms with E-state index in [2.05, 4.69) is 5.32 Å². The van der Waals surface area contributed by atoms with Gasteiger partial charge in [0.05, 0.1) is 11.3 Å². The molecule has 0 heterocycles. The van der Waals surface area contributed by atoms with Gasteiger partial charge < -0.3 is 10.4 Å². The molecule has 2 N–H and O–H groups in total. The van der Waals surface area contributed by atoms with Crippen molar-refractivity contribution in [3.05, 3.63) is 83.9 Å². The van der Waals surface area contributed by atoms with Crippen LogP contribution in [-0.2, 0) is 0 Å². The number of nitrogens with one attached hydrogen (secondary N) is 1. The Morgan fingerprint density at radius 1 is 0.826 bits per heavy atom. The van der Waals surface area contributed by atoms with Crippen LogP contribution in [0.5, 0.6) is 0 Å². The Labute approximate surface area is 135 Å². The number of para-hydroxylation sites is 1. The number of carboxylic acids is 1. The van der Waals surface area contributed by atoms with Crippen LogP contribution in [0.2, 0.25) is 0 Å². The number of aryl methyl sites for hydroxylation is 1. The van der Waals surface area contributed by atoms with Gasteiger partial charge in [-0.15, -0.1) is 0 Å². The summed E-state index contributed by atoms with van der Waals surface area (Å²) in [5, 5.41) is 12.7. The van der Waals surface area contributed by atoms with E-state index in [4.69, 9.17) is 0 Å². The van der Waals surface area contributed by atoms with Crippen molar-refractivity contribution in [2.75, 3.05) is 5.32 Å². The maximum atomic E-state index is 11.5. The second-order valence-electron chi connectivity index (χ2n) is 5.37. The second kappa shape index (κ2) is 6.36. The molecule has 3 rings (SSSR count). The third-order valence-electron chi connectivity index (χ3n) is 3.77. The average Bonchev–Trinajstić information content (AvgIpc) is 2.57. The molecule has 0 spiro atoms. The molecule has 3 aromatic carbocycles. The Morgan fingerprint density at radius 2 is 1.52 bits per heavy atom. The Morgan fingerprint density at radius 3 is 2.22 bits per heavy atom. The first kappa shape index (κ1) is 14.9. The fourth-order valence-electron chi connectivity index (χ4n) is 2.50. The summed E-state index contributed by atoms with van der Waals surface area (Å²) >= 11 is 0. The lowest BCUT2D eigenvalue weighted by molar-refractivity contribution is 0.0698. The highest BCUT2D eigenvalue weighted by Crippen LogP contribution is 2.29. The fourth-order valence-corrected chi connectivity index (χ4v) is 2.50. The summed E-state index contributed by atoms with van der Waals surface area (Å²) in [6, 6.07) is 23.1. The molecule has 23 heavy (non-hydrogen) atoms. The van der Waals surface area contributed by atoms with Gasteiger partial charge in [-0.3, -0.25) is 0 Å². The maximum absolute atomic E-state index is 11.5. The van der Waals surface area contributed by atoms with Gasteiger partial charge in [0.15, 0.2) is 0 Å². The van der Waals surface area contributed by atoms with Gasteiger partial charge in [-0.25, -0.2) is 4.79 Å². The van der Waals surface area contributed by atoms with Gasteiger partial charge in [0.2, 0.25) is 0 Å². The van der Waals surface area contributed by atoms with Crippen LogP contribution in [0, 0.1) is 6.92 Å². The van der Waals surface area contributed by atoms with E-state index in [9.17, 15) is 9.90 Å². The Bertz CT molecular complexity index is 841. The molecule has 0 saturated carbocycles. The molecule has 0 radical (unpaired) electrons. The molecule has 3 heteroatoms. The van der Waals surface area contributed by atoms with E-state index in [1.165, 1.54) is 0 Å². The monoisotopic (exact) mass is 303 g/mol. The molecule has 3 aromatic rings. The number of benzene rings is 3. The minimum atomic E-state index is -0.944. The predicted octanol–water partition coefficient (Wildman–Crippen LogP) is 5.10. The van der Waals surface area contributed by atoms with Gasteiger partial charge in [0, 0.05) is 5.69 Å². The number of carbonyl (C=O) groups is 1. The zero-order valence-electron chi connectivity index (χ0n) is 12.8. The molecule has 0 unspecified atom stereocenters. The molecule has 0 aliphatic heterocycles. The second-order valence-corrected chi connectivity index (χ2v) is 5.37. The topological polar surface area (TPSA) is 49.3 Å². The van der Waals surface area contributed by atoms with E-state index in [1.807, 2.05) is 73.7 Å². The lowest BCUT2D eigenvalue weighted by atomic mass is 10.0. The zero-order chi connectivity index (χ0) is 16.2. The summed E-state index contributed by atoms with van der Waals surface area (Å²) in [6.45, 7) is 1.99. The third-order valence-corrected chi connectivity index (χ3v) is 3.77. The van der Waals surface area contributed by atoms with Crippen molar-refractivity contribution in [1.29, 1.82) is 0 Å². The van der Waals surface area contributed by atoms with Crippen LogP contribution in [0.15, 0.2) is 72.8 Å². The standard InChI is InChI=1S/C20H17NO2/c1-14-7-5-6-10-18(14)21-19-13-16(11-12-17(19)20(22)23)15-8-3-2-4-9-15/h2-13,21H,1H3,(H,22,23). The molecule has 0 fully saturated rings. The summed E-state index contributed by atoms with van der Waals surface area (Å²) in [7, 11) is 0. The molecular formula is C20H17NO2. The minimum Gasteiger partial charge on any atom is -0.478 e.